The molecule has 18 heavy (non-hydrogen) atoms. The summed E-state index contributed by atoms with van der Waals surface area (Å²) in [7, 11) is 0. The van der Waals surface area contributed by atoms with Gasteiger partial charge in [0.15, 0.2) is 11.6 Å². The first-order valence-electron chi connectivity index (χ1n) is 6.34. The lowest BCUT2D eigenvalue weighted by atomic mass is 9.97. The molecule has 0 aliphatic heterocycles. The first-order valence-corrected chi connectivity index (χ1v) is 6.34. The van der Waals surface area contributed by atoms with E-state index in [9.17, 15) is 9.50 Å². The Labute approximate surface area is 108 Å². The highest BCUT2D eigenvalue weighted by Crippen LogP contribution is 2.17. The number of rotatable bonds is 8. The molecule has 0 spiro atoms. The maximum absolute atomic E-state index is 13.3. The zero-order valence-electron chi connectivity index (χ0n) is 11.1. The summed E-state index contributed by atoms with van der Waals surface area (Å²) in [6.07, 6.45) is 1.55. The molecule has 1 aromatic rings. The van der Waals surface area contributed by atoms with Crippen LogP contribution in [-0.4, -0.2) is 30.4 Å². The van der Waals surface area contributed by atoms with E-state index >= 15 is 0 Å². The standard InChI is InChI=1S/C14H22FNO2/c1-3-16-14(2,11-17)9-6-10-18-13-8-5-4-7-12(13)15/h4-5,7-8,16-17H,3,6,9-11H2,1-2H3. The maximum atomic E-state index is 13.3. The molecule has 0 saturated carbocycles. The third kappa shape index (κ3) is 4.63. The minimum Gasteiger partial charge on any atom is -0.491 e. The fourth-order valence-corrected chi connectivity index (χ4v) is 1.86. The molecule has 0 heterocycles. The van der Waals surface area contributed by atoms with Crippen LogP contribution in [0.15, 0.2) is 24.3 Å². The van der Waals surface area contributed by atoms with Crippen LogP contribution in [0.4, 0.5) is 4.39 Å². The highest BCUT2D eigenvalue weighted by Gasteiger charge is 2.21. The number of aliphatic hydroxyl groups is 1. The molecule has 1 aromatic carbocycles. The number of ether oxygens (including phenoxy) is 1. The average molecular weight is 255 g/mol. The molecular formula is C14H22FNO2. The molecule has 0 amide bonds. The van der Waals surface area contributed by atoms with Crippen LogP contribution >= 0.6 is 0 Å². The second-order valence-corrected chi connectivity index (χ2v) is 4.63. The quantitative estimate of drug-likeness (QED) is 0.701. The number of benzene rings is 1. The summed E-state index contributed by atoms with van der Waals surface area (Å²) in [6, 6.07) is 6.38. The molecule has 3 nitrogen and oxygen atoms in total. The molecule has 102 valence electrons. The molecule has 0 bridgehead atoms. The summed E-state index contributed by atoms with van der Waals surface area (Å²) in [5, 5.41) is 12.6. The van der Waals surface area contributed by atoms with Crippen LogP contribution in [-0.2, 0) is 0 Å². The fraction of sp³-hybridized carbons (Fsp3) is 0.571. The van der Waals surface area contributed by atoms with Crippen molar-refractivity contribution in [2.24, 2.45) is 0 Å². The van der Waals surface area contributed by atoms with Gasteiger partial charge in [-0.25, -0.2) is 4.39 Å². The zero-order valence-corrected chi connectivity index (χ0v) is 11.1. The molecule has 4 heteroatoms. The number of hydrogen-bond acceptors (Lipinski definition) is 3. The van der Waals surface area contributed by atoms with E-state index in [0.717, 1.165) is 19.4 Å². The Bertz CT molecular complexity index is 359. The van der Waals surface area contributed by atoms with Crippen molar-refractivity contribution in [1.82, 2.24) is 5.32 Å². The topological polar surface area (TPSA) is 41.5 Å². The first kappa shape index (κ1) is 14.9. The lowest BCUT2D eigenvalue weighted by molar-refractivity contribution is 0.157. The largest absolute Gasteiger partial charge is 0.491 e. The van der Waals surface area contributed by atoms with Crippen molar-refractivity contribution in [3.8, 4) is 5.75 Å². The zero-order chi connectivity index (χ0) is 13.4. The Balaban J connectivity index is 2.32. The number of aliphatic hydroxyl groups excluding tert-OH is 1. The van der Waals surface area contributed by atoms with Gasteiger partial charge in [0.1, 0.15) is 0 Å². The SMILES string of the molecule is CCNC(C)(CO)CCCOc1ccccc1F. The summed E-state index contributed by atoms with van der Waals surface area (Å²) >= 11 is 0. The van der Waals surface area contributed by atoms with Crippen LogP contribution in [0, 0.1) is 5.82 Å². The van der Waals surface area contributed by atoms with E-state index in [0.29, 0.717) is 6.61 Å². The summed E-state index contributed by atoms with van der Waals surface area (Å²) in [5.41, 5.74) is -0.284. The monoisotopic (exact) mass is 255 g/mol. The summed E-state index contributed by atoms with van der Waals surface area (Å²) in [5.74, 6) is -0.0549. The van der Waals surface area contributed by atoms with Crippen LogP contribution < -0.4 is 10.1 Å². The molecule has 1 rings (SSSR count). The maximum Gasteiger partial charge on any atom is 0.165 e. The summed E-state index contributed by atoms with van der Waals surface area (Å²) in [4.78, 5) is 0. The Morgan fingerprint density at radius 1 is 1.39 bits per heavy atom. The van der Waals surface area contributed by atoms with Crippen molar-refractivity contribution in [3.05, 3.63) is 30.1 Å². The fourth-order valence-electron chi connectivity index (χ4n) is 1.86. The second kappa shape index (κ2) is 7.34. The highest BCUT2D eigenvalue weighted by molar-refractivity contribution is 5.23. The number of para-hydroxylation sites is 1. The van der Waals surface area contributed by atoms with Crippen LogP contribution in [0.2, 0.25) is 0 Å². The molecule has 2 N–H and O–H groups in total. The Kier molecular flexibility index (Phi) is 6.09. The van der Waals surface area contributed by atoms with Crippen LogP contribution in [0.25, 0.3) is 0 Å². The highest BCUT2D eigenvalue weighted by atomic mass is 19.1. The van der Waals surface area contributed by atoms with E-state index in [4.69, 9.17) is 4.74 Å². The van der Waals surface area contributed by atoms with Crippen molar-refractivity contribution < 1.29 is 14.2 Å². The molecule has 1 unspecified atom stereocenters. The molecular weight excluding hydrogens is 233 g/mol. The molecule has 0 saturated heterocycles. The van der Waals surface area contributed by atoms with Gasteiger partial charge in [-0.1, -0.05) is 19.1 Å². The minimum absolute atomic E-state index is 0.0839. The predicted molar refractivity (Wildman–Crippen MR) is 70.3 cm³/mol. The first-order chi connectivity index (χ1) is 8.61. The average Bonchev–Trinajstić information content (AvgIpc) is 2.37. The van der Waals surface area contributed by atoms with Crippen LogP contribution in [0.3, 0.4) is 0 Å². The van der Waals surface area contributed by atoms with E-state index in [1.165, 1.54) is 6.07 Å². The van der Waals surface area contributed by atoms with E-state index in [1.807, 2.05) is 13.8 Å². The van der Waals surface area contributed by atoms with Gasteiger partial charge in [0, 0.05) is 5.54 Å². The van der Waals surface area contributed by atoms with Gasteiger partial charge in [0.05, 0.1) is 13.2 Å². The van der Waals surface area contributed by atoms with Gasteiger partial charge in [-0.2, -0.15) is 0 Å². The van der Waals surface area contributed by atoms with Gasteiger partial charge in [-0.15, -0.1) is 0 Å². The third-order valence-electron chi connectivity index (χ3n) is 2.92. The molecule has 0 fully saturated rings. The normalized spacial score (nSPS) is 14.2. The van der Waals surface area contributed by atoms with E-state index in [1.54, 1.807) is 18.2 Å². The van der Waals surface area contributed by atoms with Crippen LogP contribution in [0.1, 0.15) is 26.7 Å². The van der Waals surface area contributed by atoms with Gasteiger partial charge >= 0.3 is 0 Å². The summed E-state index contributed by atoms with van der Waals surface area (Å²) in [6.45, 7) is 5.32. The van der Waals surface area contributed by atoms with E-state index in [2.05, 4.69) is 5.32 Å². The molecule has 0 aliphatic carbocycles. The Morgan fingerprint density at radius 3 is 2.72 bits per heavy atom. The van der Waals surface area contributed by atoms with Crippen molar-refractivity contribution in [2.45, 2.75) is 32.2 Å². The third-order valence-corrected chi connectivity index (χ3v) is 2.92. The summed E-state index contributed by atoms with van der Waals surface area (Å²) < 4.78 is 18.6. The second-order valence-electron chi connectivity index (χ2n) is 4.63. The lowest BCUT2D eigenvalue weighted by Gasteiger charge is -2.28. The molecule has 0 aliphatic rings. The number of halogens is 1. The number of nitrogens with one attached hydrogen (secondary N) is 1. The van der Waals surface area contributed by atoms with Crippen molar-refractivity contribution >= 4 is 0 Å². The number of likely N-dealkylation sites (N-methyl/N-ethyl adjacent to an activating group) is 1. The predicted octanol–water partition coefficient (Wildman–Crippen LogP) is 2.35. The van der Waals surface area contributed by atoms with Gasteiger partial charge < -0.3 is 15.2 Å². The van der Waals surface area contributed by atoms with Crippen molar-refractivity contribution in [2.75, 3.05) is 19.8 Å². The van der Waals surface area contributed by atoms with Crippen molar-refractivity contribution in [3.63, 3.8) is 0 Å². The number of hydrogen-bond donors (Lipinski definition) is 2. The van der Waals surface area contributed by atoms with Gasteiger partial charge in [0.25, 0.3) is 0 Å². The Morgan fingerprint density at radius 2 is 2.11 bits per heavy atom. The molecule has 0 aromatic heterocycles. The van der Waals surface area contributed by atoms with E-state index in [-0.39, 0.29) is 23.7 Å². The van der Waals surface area contributed by atoms with Crippen molar-refractivity contribution in [1.29, 1.82) is 0 Å². The van der Waals surface area contributed by atoms with E-state index < -0.39 is 0 Å². The van der Waals surface area contributed by atoms with Gasteiger partial charge in [0.2, 0.25) is 0 Å². The minimum atomic E-state index is -0.339. The lowest BCUT2D eigenvalue weighted by Crippen LogP contribution is -2.45. The molecule has 0 radical (unpaired) electrons. The molecule has 1 atom stereocenters. The van der Waals surface area contributed by atoms with Gasteiger partial charge in [-0.3, -0.25) is 0 Å². The van der Waals surface area contributed by atoms with Crippen LogP contribution in [0.5, 0.6) is 5.75 Å². The van der Waals surface area contributed by atoms with Gasteiger partial charge in [-0.05, 0) is 38.4 Å². The Hall–Kier alpha value is -1.13. The smallest absolute Gasteiger partial charge is 0.165 e.